The first-order chi connectivity index (χ1) is 32.0. The number of ether oxygens (including phenoxy) is 1. The van der Waals surface area contributed by atoms with Crippen LogP contribution in [-0.2, 0) is 14.3 Å². The predicted octanol–water partition coefficient (Wildman–Crippen LogP) is 17.9. The van der Waals surface area contributed by atoms with Crippen molar-refractivity contribution in [3.05, 3.63) is 24.3 Å². The predicted molar refractivity (Wildman–Crippen MR) is 283 cm³/mol. The molecular weight excluding hydrogens is 803 g/mol. The summed E-state index contributed by atoms with van der Waals surface area (Å²) in [5.41, 5.74) is 0. The number of nitrogens with one attached hydrogen (secondary N) is 1. The lowest BCUT2D eigenvalue weighted by molar-refractivity contribution is -0.143. The van der Waals surface area contributed by atoms with Gasteiger partial charge in [0.05, 0.1) is 25.4 Å². The normalized spacial score (nSPS) is 12.7. The SMILES string of the molecule is CCCCCC/C=C\CCCCCCCC(=O)OCCCCCCCCCCCCCCCCCCCC(=O)NC(CO)C(O)/C=C/CCCCCCCCCCCCCCCCCC. The first-order valence-corrected chi connectivity index (χ1v) is 29.1. The molecule has 2 atom stereocenters. The number of carbonyl (C=O) groups is 2. The van der Waals surface area contributed by atoms with Gasteiger partial charge in [-0.2, -0.15) is 0 Å². The van der Waals surface area contributed by atoms with Crippen LogP contribution in [-0.4, -0.2) is 47.4 Å². The van der Waals surface area contributed by atoms with Crippen molar-refractivity contribution in [2.75, 3.05) is 13.2 Å². The molecule has 6 heteroatoms. The third kappa shape index (κ3) is 51.6. The third-order valence-corrected chi connectivity index (χ3v) is 13.5. The van der Waals surface area contributed by atoms with Crippen molar-refractivity contribution in [3.63, 3.8) is 0 Å². The van der Waals surface area contributed by atoms with E-state index in [2.05, 4.69) is 31.3 Å². The van der Waals surface area contributed by atoms with Crippen LogP contribution in [0.2, 0.25) is 0 Å². The number of rotatable bonds is 54. The van der Waals surface area contributed by atoms with Crippen molar-refractivity contribution in [2.24, 2.45) is 0 Å². The van der Waals surface area contributed by atoms with Crippen molar-refractivity contribution in [1.82, 2.24) is 5.32 Å². The number of esters is 1. The topological polar surface area (TPSA) is 95.9 Å². The first-order valence-electron chi connectivity index (χ1n) is 29.1. The highest BCUT2D eigenvalue weighted by atomic mass is 16.5. The lowest BCUT2D eigenvalue weighted by atomic mass is 10.0. The average molecular weight is 917 g/mol. The summed E-state index contributed by atoms with van der Waals surface area (Å²) in [7, 11) is 0. The van der Waals surface area contributed by atoms with Crippen LogP contribution in [0.5, 0.6) is 0 Å². The zero-order valence-corrected chi connectivity index (χ0v) is 43.7. The van der Waals surface area contributed by atoms with Gasteiger partial charge in [-0.1, -0.05) is 269 Å². The van der Waals surface area contributed by atoms with E-state index in [0.717, 1.165) is 44.9 Å². The molecular formula is C59H113NO5. The summed E-state index contributed by atoms with van der Waals surface area (Å²) < 4.78 is 5.46. The molecule has 0 heterocycles. The molecule has 3 N–H and O–H groups in total. The number of aliphatic hydroxyl groups is 2. The Balaban J connectivity index is 3.45. The number of unbranched alkanes of at least 4 members (excludes halogenated alkanes) is 41. The Kier molecular flexibility index (Phi) is 53.5. The highest BCUT2D eigenvalue weighted by molar-refractivity contribution is 5.76. The number of aliphatic hydroxyl groups excluding tert-OH is 2. The highest BCUT2D eigenvalue weighted by Crippen LogP contribution is 2.17. The van der Waals surface area contributed by atoms with Gasteiger partial charge >= 0.3 is 5.97 Å². The molecule has 2 unspecified atom stereocenters. The van der Waals surface area contributed by atoms with Crippen LogP contribution < -0.4 is 5.32 Å². The van der Waals surface area contributed by atoms with E-state index < -0.39 is 12.1 Å². The Labute approximate surface area is 405 Å². The molecule has 0 aromatic heterocycles. The van der Waals surface area contributed by atoms with Gasteiger partial charge in [-0.05, 0) is 57.8 Å². The molecule has 0 spiro atoms. The lowest BCUT2D eigenvalue weighted by Crippen LogP contribution is -2.45. The number of hydrogen-bond acceptors (Lipinski definition) is 5. The molecule has 0 aromatic carbocycles. The third-order valence-electron chi connectivity index (χ3n) is 13.5. The summed E-state index contributed by atoms with van der Waals surface area (Å²) in [5.74, 6) is -0.0760. The van der Waals surface area contributed by atoms with E-state index in [1.807, 2.05) is 6.08 Å². The zero-order chi connectivity index (χ0) is 47.2. The Hall–Kier alpha value is -1.66. The molecule has 0 fully saturated rings. The van der Waals surface area contributed by atoms with E-state index in [9.17, 15) is 19.8 Å². The van der Waals surface area contributed by atoms with E-state index in [1.54, 1.807) is 6.08 Å². The Morgan fingerprint density at radius 1 is 0.415 bits per heavy atom. The molecule has 0 aliphatic rings. The van der Waals surface area contributed by atoms with Crippen LogP contribution in [0.25, 0.3) is 0 Å². The van der Waals surface area contributed by atoms with Crippen LogP contribution in [0, 0.1) is 0 Å². The molecule has 0 aromatic rings. The van der Waals surface area contributed by atoms with E-state index in [0.29, 0.717) is 19.4 Å². The second kappa shape index (κ2) is 54.9. The Morgan fingerprint density at radius 2 is 0.723 bits per heavy atom. The maximum atomic E-state index is 12.5. The maximum Gasteiger partial charge on any atom is 0.305 e. The zero-order valence-electron chi connectivity index (χ0n) is 43.7. The number of allylic oxidation sites excluding steroid dienone is 3. The van der Waals surface area contributed by atoms with Gasteiger partial charge < -0.3 is 20.3 Å². The van der Waals surface area contributed by atoms with Crippen LogP contribution >= 0.6 is 0 Å². The fourth-order valence-electron chi connectivity index (χ4n) is 8.98. The van der Waals surface area contributed by atoms with Gasteiger partial charge in [0, 0.05) is 12.8 Å². The van der Waals surface area contributed by atoms with Gasteiger partial charge in [-0.25, -0.2) is 0 Å². The summed E-state index contributed by atoms with van der Waals surface area (Å²) in [5, 5.41) is 23.1. The monoisotopic (exact) mass is 916 g/mol. The van der Waals surface area contributed by atoms with Gasteiger partial charge in [0.2, 0.25) is 5.91 Å². The van der Waals surface area contributed by atoms with E-state index in [1.165, 1.54) is 244 Å². The molecule has 0 rings (SSSR count). The summed E-state index contributed by atoms with van der Waals surface area (Å²) in [4.78, 5) is 24.5. The fourth-order valence-corrected chi connectivity index (χ4v) is 8.98. The Morgan fingerprint density at radius 3 is 1.11 bits per heavy atom. The minimum Gasteiger partial charge on any atom is -0.466 e. The quantitative estimate of drug-likeness (QED) is 0.0321. The van der Waals surface area contributed by atoms with Gasteiger partial charge in [0.25, 0.3) is 0 Å². The van der Waals surface area contributed by atoms with Crippen molar-refractivity contribution in [3.8, 4) is 0 Å². The largest absolute Gasteiger partial charge is 0.466 e. The molecule has 65 heavy (non-hydrogen) atoms. The summed E-state index contributed by atoms with van der Waals surface area (Å²) in [6.45, 7) is 4.89. The highest BCUT2D eigenvalue weighted by Gasteiger charge is 2.18. The van der Waals surface area contributed by atoms with Crippen molar-refractivity contribution in [1.29, 1.82) is 0 Å². The molecule has 0 saturated carbocycles. The van der Waals surface area contributed by atoms with E-state index in [4.69, 9.17) is 4.74 Å². The van der Waals surface area contributed by atoms with Crippen LogP contribution in [0.1, 0.15) is 316 Å². The van der Waals surface area contributed by atoms with Gasteiger partial charge in [0.1, 0.15) is 0 Å². The molecule has 1 amide bonds. The number of amides is 1. The molecule has 0 saturated heterocycles. The summed E-state index contributed by atoms with van der Waals surface area (Å²) >= 11 is 0. The second-order valence-electron chi connectivity index (χ2n) is 20.0. The summed E-state index contributed by atoms with van der Waals surface area (Å²) in [6.07, 6.45) is 66.2. The standard InChI is InChI=1S/C59H113NO5/c1-3-5-7-9-11-13-15-17-18-19-21-24-28-31-35-39-43-47-51-57(62)56(55-61)60-58(63)52-48-44-40-36-32-29-25-22-20-23-26-30-34-38-42-46-50-54-65-59(64)53-49-45-41-37-33-27-16-14-12-10-8-6-4-2/h14,16,47,51,56-57,61-62H,3-13,15,17-46,48-50,52-55H2,1-2H3,(H,60,63)/b16-14-,51-47+. The van der Waals surface area contributed by atoms with Crippen molar-refractivity contribution >= 4 is 11.9 Å². The molecule has 0 aliphatic heterocycles. The van der Waals surface area contributed by atoms with Gasteiger partial charge in [-0.15, -0.1) is 0 Å². The molecule has 0 bridgehead atoms. The molecule has 0 radical (unpaired) electrons. The maximum absolute atomic E-state index is 12.5. The molecule has 0 aliphatic carbocycles. The minimum absolute atomic E-state index is 0.00456. The second-order valence-corrected chi connectivity index (χ2v) is 20.0. The van der Waals surface area contributed by atoms with Crippen LogP contribution in [0.15, 0.2) is 24.3 Å². The number of hydrogen-bond donors (Lipinski definition) is 3. The van der Waals surface area contributed by atoms with Crippen LogP contribution in [0.4, 0.5) is 0 Å². The molecule has 6 nitrogen and oxygen atoms in total. The lowest BCUT2D eigenvalue weighted by Gasteiger charge is -2.20. The minimum atomic E-state index is -0.848. The fraction of sp³-hybridized carbons (Fsp3) is 0.898. The van der Waals surface area contributed by atoms with E-state index in [-0.39, 0.29) is 18.5 Å². The smallest absolute Gasteiger partial charge is 0.305 e. The van der Waals surface area contributed by atoms with Crippen LogP contribution in [0.3, 0.4) is 0 Å². The summed E-state index contributed by atoms with van der Waals surface area (Å²) in [6, 6.07) is -0.632. The average Bonchev–Trinajstić information content (AvgIpc) is 3.31. The van der Waals surface area contributed by atoms with Crippen molar-refractivity contribution in [2.45, 2.75) is 328 Å². The van der Waals surface area contributed by atoms with Gasteiger partial charge in [-0.3, -0.25) is 9.59 Å². The first kappa shape index (κ1) is 63.3. The Bertz CT molecular complexity index is 1010. The molecule has 384 valence electrons. The van der Waals surface area contributed by atoms with Crippen molar-refractivity contribution < 1.29 is 24.5 Å². The number of carbonyl (C=O) groups excluding carboxylic acids is 2. The van der Waals surface area contributed by atoms with Gasteiger partial charge in [0.15, 0.2) is 0 Å². The van der Waals surface area contributed by atoms with E-state index >= 15 is 0 Å².